The molecule has 0 atom stereocenters. The fourth-order valence-electron chi connectivity index (χ4n) is 2.72. The first-order chi connectivity index (χ1) is 13.3. The molecule has 142 valence electrons. The molecule has 28 heavy (non-hydrogen) atoms. The molecule has 0 saturated carbocycles. The highest BCUT2D eigenvalue weighted by molar-refractivity contribution is 8.27. The number of nitro groups is 1. The second-order valence-electron chi connectivity index (χ2n) is 6.00. The Hall–Kier alpha value is -3.04. The van der Waals surface area contributed by atoms with Crippen LogP contribution in [-0.2, 0) is 16.0 Å². The molecule has 2 aromatic rings. The van der Waals surface area contributed by atoms with Crippen LogP contribution in [0.25, 0.3) is 5.57 Å². The van der Waals surface area contributed by atoms with Gasteiger partial charge in [0.15, 0.2) is 4.32 Å². The van der Waals surface area contributed by atoms with Gasteiger partial charge in [-0.05, 0) is 47.9 Å². The molecule has 1 amide bonds. The zero-order valence-corrected chi connectivity index (χ0v) is 16.3. The number of carbonyl (C=O) groups is 2. The summed E-state index contributed by atoms with van der Waals surface area (Å²) in [6, 6.07) is 12.6. The molecule has 1 aliphatic heterocycles. The number of anilines is 1. The number of benzene rings is 2. The van der Waals surface area contributed by atoms with E-state index in [2.05, 4.69) is 0 Å². The molecule has 0 unspecified atom stereocenters. The van der Waals surface area contributed by atoms with Crippen LogP contribution >= 0.6 is 24.0 Å². The number of thioether (sulfide) groups is 1. The first-order valence-corrected chi connectivity index (χ1v) is 9.33. The van der Waals surface area contributed by atoms with E-state index in [9.17, 15) is 19.7 Å². The van der Waals surface area contributed by atoms with Gasteiger partial charge in [0.25, 0.3) is 11.6 Å². The minimum atomic E-state index is -0.931. The number of amides is 1. The number of carboxylic acids is 1. The van der Waals surface area contributed by atoms with Gasteiger partial charge in [-0.1, -0.05) is 36.1 Å². The van der Waals surface area contributed by atoms with Gasteiger partial charge in [0.1, 0.15) is 0 Å². The largest absolute Gasteiger partial charge is 0.481 e. The number of hydrogen-bond donors (Lipinski definition) is 1. The van der Waals surface area contributed by atoms with E-state index in [1.54, 1.807) is 43.3 Å². The number of carboxylic acid groups (broad SMARTS) is 1. The van der Waals surface area contributed by atoms with Crippen LogP contribution in [0.4, 0.5) is 11.4 Å². The van der Waals surface area contributed by atoms with Crippen LogP contribution < -0.4 is 4.90 Å². The van der Waals surface area contributed by atoms with Gasteiger partial charge >= 0.3 is 5.97 Å². The monoisotopic (exact) mass is 414 g/mol. The van der Waals surface area contributed by atoms with Gasteiger partial charge in [0, 0.05) is 12.1 Å². The summed E-state index contributed by atoms with van der Waals surface area (Å²) >= 11 is 6.52. The maximum atomic E-state index is 12.9. The van der Waals surface area contributed by atoms with E-state index in [1.807, 2.05) is 0 Å². The summed E-state index contributed by atoms with van der Waals surface area (Å²) in [6.45, 7) is 1.77. The van der Waals surface area contributed by atoms with Crippen molar-refractivity contribution < 1.29 is 19.6 Å². The van der Waals surface area contributed by atoms with Gasteiger partial charge in [-0.25, -0.2) is 0 Å². The van der Waals surface area contributed by atoms with Crippen molar-refractivity contribution in [2.45, 2.75) is 13.3 Å². The molecule has 1 saturated heterocycles. The zero-order chi connectivity index (χ0) is 20.4. The molecule has 1 heterocycles. The van der Waals surface area contributed by atoms with Crippen molar-refractivity contribution in [1.82, 2.24) is 0 Å². The van der Waals surface area contributed by atoms with E-state index in [4.69, 9.17) is 17.3 Å². The minimum absolute atomic E-state index is 0.0226. The number of aliphatic carboxylic acids is 1. The summed E-state index contributed by atoms with van der Waals surface area (Å²) in [5.74, 6) is -1.21. The number of carbonyl (C=O) groups excluding carboxylic acids is 1. The SMILES string of the molecule is C/C(=C1/SC(=S)N(c2ccc(CC(=O)O)cc2)C1=O)c1ccc([N+](=O)[O-])cc1. The van der Waals surface area contributed by atoms with Crippen molar-refractivity contribution in [3.05, 3.63) is 74.7 Å². The van der Waals surface area contributed by atoms with Gasteiger partial charge in [-0.15, -0.1) is 0 Å². The standard InChI is InChI=1S/C19H14N2O5S2/c1-11(13-4-8-15(9-5-13)21(25)26)17-18(24)20(19(27)28-17)14-6-2-12(3-7-14)10-16(22)23/h2-9H,10H2,1H3,(H,22,23)/b17-11-. The van der Waals surface area contributed by atoms with Crippen LogP contribution in [0, 0.1) is 10.1 Å². The van der Waals surface area contributed by atoms with Crippen molar-refractivity contribution in [3.8, 4) is 0 Å². The topological polar surface area (TPSA) is 101 Å². The Morgan fingerprint density at radius 2 is 1.79 bits per heavy atom. The Morgan fingerprint density at radius 1 is 1.18 bits per heavy atom. The molecule has 3 rings (SSSR count). The van der Waals surface area contributed by atoms with Gasteiger partial charge in [-0.3, -0.25) is 24.6 Å². The zero-order valence-electron chi connectivity index (χ0n) is 14.6. The van der Waals surface area contributed by atoms with Gasteiger partial charge in [0.05, 0.1) is 21.9 Å². The van der Waals surface area contributed by atoms with Crippen molar-refractivity contribution in [2.75, 3.05) is 4.90 Å². The Morgan fingerprint density at radius 3 is 2.32 bits per heavy atom. The number of rotatable bonds is 5. The van der Waals surface area contributed by atoms with Crippen LogP contribution in [-0.4, -0.2) is 26.2 Å². The predicted octanol–water partition coefficient (Wildman–Crippen LogP) is 4.02. The van der Waals surface area contributed by atoms with Gasteiger partial charge < -0.3 is 5.11 Å². The van der Waals surface area contributed by atoms with Gasteiger partial charge in [0.2, 0.25) is 0 Å². The molecule has 0 spiro atoms. The van der Waals surface area contributed by atoms with E-state index in [-0.39, 0.29) is 18.0 Å². The van der Waals surface area contributed by atoms with E-state index in [0.717, 1.165) is 11.8 Å². The smallest absolute Gasteiger partial charge is 0.307 e. The average molecular weight is 414 g/mol. The molecule has 0 radical (unpaired) electrons. The molecule has 0 bridgehead atoms. The summed E-state index contributed by atoms with van der Waals surface area (Å²) in [7, 11) is 0. The summed E-state index contributed by atoms with van der Waals surface area (Å²) in [4.78, 5) is 35.9. The number of hydrogen-bond acceptors (Lipinski definition) is 6. The van der Waals surface area contributed by atoms with E-state index in [1.165, 1.54) is 17.0 Å². The van der Waals surface area contributed by atoms with E-state index >= 15 is 0 Å². The number of thiocarbonyl (C=S) groups is 1. The highest BCUT2D eigenvalue weighted by Crippen LogP contribution is 2.39. The fourth-order valence-corrected chi connectivity index (χ4v) is 4.06. The van der Waals surface area contributed by atoms with Crippen molar-refractivity contribution in [3.63, 3.8) is 0 Å². The lowest BCUT2D eigenvalue weighted by Crippen LogP contribution is -2.27. The predicted molar refractivity (Wildman–Crippen MR) is 111 cm³/mol. The third-order valence-electron chi connectivity index (χ3n) is 4.17. The summed E-state index contributed by atoms with van der Waals surface area (Å²) < 4.78 is 0.368. The third-order valence-corrected chi connectivity index (χ3v) is 5.65. The average Bonchev–Trinajstić information content (AvgIpc) is 2.96. The lowest BCUT2D eigenvalue weighted by molar-refractivity contribution is -0.384. The molecule has 7 nitrogen and oxygen atoms in total. The van der Waals surface area contributed by atoms with Crippen molar-refractivity contribution in [1.29, 1.82) is 0 Å². The van der Waals surface area contributed by atoms with E-state index < -0.39 is 10.9 Å². The summed E-state index contributed by atoms with van der Waals surface area (Å²) in [5, 5.41) is 19.6. The normalized spacial score (nSPS) is 15.7. The first kappa shape index (κ1) is 19.7. The number of nitrogens with zero attached hydrogens (tertiary/aromatic N) is 2. The maximum absolute atomic E-state index is 12.9. The molecular formula is C19H14N2O5S2. The Kier molecular flexibility index (Phi) is 5.57. The number of allylic oxidation sites excluding steroid dienone is 1. The number of non-ortho nitro benzene ring substituents is 1. The fraction of sp³-hybridized carbons (Fsp3) is 0.105. The molecule has 0 aromatic heterocycles. The van der Waals surface area contributed by atoms with Crippen LogP contribution in [0.1, 0.15) is 18.1 Å². The Labute approximate surface area is 169 Å². The molecule has 9 heteroatoms. The lowest BCUT2D eigenvalue weighted by Gasteiger charge is -2.15. The molecule has 1 N–H and O–H groups in total. The van der Waals surface area contributed by atoms with E-state index in [0.29, 0.717) is 31.6 Å². The molecule has 1 fully saturated rings. The minimum Gasteiger partial charge on any atom is -0.481 e. The lowest BCUT2D eigenvalue weighted by atomic mass is 10.1. The maximum Gasteiger partial charge on any atom is 0.307 e. The highest BCUT2D eigenvalue weighted by atomic mass is 32.2. The summed E-state index contributed by atoms with van der Waals surface area (Å²) in [5.41, 5.74) is 2.54. The van der Waals surface area contributed by atoms with Crippen LogP contribution in [0.2, 0.25) is 0 Å². The summed E-state index contributed by atoms with van der Waals surface area (Å²) in [6.07, 6.45) is -0.0994. The van der Waals surface area contributed by atoms with Crippen LogP contribution in [0.15, 0.2) is 53.4 Å². The van der Waals surface area contributed by atoms with Crippen molar-refractivity contribution in [2.24, 2.45) is 0 Å². The Balaban J connectivity index is 1.89. The number of nitro benzene ring substituents is 1. The molecule has 1 aliphatic rings. The van der Waals surface area contributed by atoms with Gasteiger partial charge in [-0.2, -0.15) is 0 Å². The molecule has 0 aliphatic carbocycles. The first-order valence-electron chi connectivity index (χ1n) is 8.10. The van der Waals surface area contributed by atoms with Crippen molar-refractivity contribution >= 4 is 57.1 Å². The second kappa shape index (κ2) is 7.91. The second-order valence-corrected chi connectivity index (χ2v) is 7.65. The quantitative estimate of drug-likeness (QED) is 0.341. The van der Waals surface area contributed by atoms with Crippen LogP contribution in [0.3, 0.4) is 0 Å². The highest BCUT2D eigenvalue weighted by Gasteiger charge is 2.35. The van der Waals surface area contributed by atoms with Crippen LogP contribution in [0.5, 0.6) is 0 Å². The Bertz CT molecular complexity index is 1010. The molecular weight excluding hydrogens is 400 g/mol. The third kappa shape index (κ3) is 3.95. The molecule has 2 aromatic carbocycles.